The Hall–Kier alpha value is -1.88. The van der Waals surface area contributed by atoms with Crippen LogP contribution in [0.25, 0.3) is 0 Å². The first kappa shape index (κ1) is 55.1. The zero-order chi connectivity index (χ0) is 42.3. The molecule has 11 heteroatoms. The molecule has 4 unspecified atom stereocenters. The van der Waals surface area contributed by atoms with Crippen molar-refractivity contribution < 1.29 is 47.5 Å². The minimum absolute atomic E-state index is 0.0627. The topological polar surface area (TPSA) is 132 Å². The summed E-state index contributed by atoms with van der Waals surface area (Å²) in [6, 6.07) is 0. The highest BCUT2D eigenvalue weighted by Gasteiger charge is 2.26. The van der Waals surface area contributed by atoms with Gasteiger partial charge in [-0.1, -0.05) is 158 Å². The van der Waals surface area contributed by atoms with Crippen molar-refractivity contribution in [2.45, 2.75) is 173 Å². The Balaban J connectivity index is 4.40. The number of esters is 1. The second-order valence-corrected chi connectivity index (χ2v) is 17.5. The van der Waals surface area contributed by atoms with E-state index in [0.29, 0.717) is 36.9 Å². The van der Waals surface area contributed by atoms with Crippen molar-refractivity contribution in [3.8, 4) is 0 Å². The molecule has 0 fully saturated rings. The van der Waals surface area contributed by atoms with Crippen LogP contribution in [0.3, 0.4) is 0 Å². The monoisotopic (exact) mass is 827 g/mol. The fourth-order valence-electron chi connectivity index (χ4n) is 5.69. The van der Waals surface area contributed by atoms with E-state index in [2.05, 4.69) is 43.4 Å². The highest BCUT2D eigenvalue weighted by atomic mass is 31.2. The second-order valence-electron chi connectivity index (χ2n) is 16.0. The van der Waals surface area contributed by atoms with Crippen LogP contribution in [0.2, 0.25) is 0 Å². The molecule has 332 valence electrons. The normalized spacial score (nSPS) is 15.4. The summed E-state index contributed by atoms with van der Waals surface area (Å²) in [7, 11) is 1.58. The number of unbranched alkanes of at least 4 members (excludes halogenated alkanes) is 13. The Morgan fingerprint density at radius 1 is 0.614 bits per heavy atom. The smallest absolute Gasteiger partial charge is 0.457 e. The lowest BCUT2D eigenvalue weighted by Gasteiger charge is -2.24. The number of hydrogen-bond donors (Lipinski definition) is 3. The minimum Gasteiger partial charge on any atom is -0.457 e. The van der Waals surface area contributed by atoms with Crippen LogP contribution in [0, 0.1) is 0 Å². The van der Waals surface area contributed by atoms with Gasteiger partial charge < -0.3 is 29.1 Å². The first-order chi connectivity index (χ1) is 27.4. The number of carbonyl (C=O) groups excluding carboxylic acids is 1. The standard InChI is InChI=1S/C46H84NO9P/c1-6-8-9-10-11-12-13-14-20-23-26-29-32-35-39-53-41-43(42-55-57(51,52)54-40-38-47(3,4)5)56-46(50)37-34-31-28-25-22-19-17-15-16-18-21-24-27-30-33-36-45(49)44(48)7-2/h15-16,19,21-22,24,28,30-31,33,43-45,48-49H,6-14,17-18,20,23,25-27,29,32,34-42H2,1-5H3/p+1/b16-15+,22-19+,24-21+,31-28+,33-30+. The number of aliphatic hydroxyl groups is 2. The first-order valence-corrected chi connectivity index (χ1v) is 23.7. The van der Waals surface area contributed by atoms with E-state index in [0.717, 1.165) is 38.5 Å². The van der Waals surface area contributed by atoms with Crippen LogP contribution in [-0.2, 0) is 27.9 Å². The average Bonchev–Trinajstić information content (AvgIpc) is 3.16. The molecular weight excluding hydrogens is 741 g/mol. The third-order valence-corrected chi connectivity index (χ3v) is 10.3. The highest BCUT2D eigenvalue weighted by molar-refractivity contribution is 7.47. The number of hydrogen-bond acceptors (Lipinski definition) is 8. The van der Waals surface area contributed by atoms with Gasteiger partial charge in [0, 0.05) is 13.0 Å². The Morgan fingerprint density at radius 3 is 1.58 bits per heavy atom. The van der Waals surface area contributed by atoms with Crippen LogP contribution in [-0.4, -0.2) is 98.0 Å². The molecule has 0 bridgehead atoms. The minimum atomic E-state index is -4.31. The lowest BCUT2D eigenvalue weighted by molar-refractivity contribution is -0.870. The van der Waals surface area contributed by atoms with E-state index < -0.39 is 32.1 Å². The third kappa shape index (κ3) is 40.7. The molecule has 0 radical (unpaired) electrons. The van der Waals surface area contributed by atoms with E-state index in [9.17, 15) is 24.5 Å². The summed E-state index contributed by atoms with van der Waals surface area (Å²) in [5.74, 6) is -0.413. The summed E-state index contributed by atoms with van der Waals surface area (Å²) in [5, 5.41) is 19.3. The maximum Gasteiger partial charge on any atom is 0.472 e. The molecule has 0 aliphatic rings. The molecule has 57 heavy (non-hydrogen) atoms. The van der Waals surface area contributed by atoms with Crippen LogP contribution < -0.4 is 0 Å². The van der Waals surface area contributed by atoms with E-state index in [1.807, 2.05) is 52.4 Å². The largest absolute Gasteiger partial charge is 0.472 e. The van der Waals surface area contributed by atoms with Crippen molar-refractivity contribution in [2.75, 3.05) is 54.1 Å². The van der Waals surface area contributed by atoms with E-state index in [4.69, 9.17) is 18.5 Å². The van der Waals surface area contributed by atoms with Gasteiger partial charge in [-0.3, -0.25) is 13.8 Å². The molecular formula is C46H85NO9P+. The second kappa shape index (κ2) is 38.3. The van der Waals surface area contributed by atoms with Crippen LogP contribution in [0.15, 0.2) is 60.8 Å². The van der Waals surface area contributed by atoms with Gasteiger partial charge in [0.1, 0.15) is 19.3 Å². The van der Waals surface area contributed by atoms with Gasteiger partial charge in [-0.05, 0) is 51.4 Å². The summed E-state index contributed by atoms with van der Waals surface area (Å²) in [6.07, 6.45) is 41.3. The molecule has 0 saturated heterocycles. The number of phosphoric acid groups is 1. The first-order valence-electron chi connectivity index (χ1n) is 22.2. The SMILES string of the molecule is CCCCCCCCCCCCCCCCOCC(COP(=O)(O)OCC[N+](C)(C)C)OC(=O)CC/C=C/C/C=C/C/C=C/C/C=C/C/C=C/CC(O)C(O)CC. The molecule has 0 amide bonds. The Labute approximate surface area is 348 Å². The molecule has 0 aliphatic heterocycles. The maximum absolute atomic E-state index is 12.7. The molecule has 0 aromatic heterocycles. The van der Waals surface area contributed by atoms with Gasteiger partial charge in [-0.25, -0.2) is 4.57 Å². The summed E-state index contributed by atoms with van der Waals surface area (Å²) < 4.78 is 34.8. The fraction of sp³-hybridized carbons (Fsp3) is 0.761. The van der Waals surface area contributed by atoms with E-state index in [-0.39, 0.29) is 26.2 Å². The van der Waals surface area contributed by atoms with Gasteiger partial charge in [-0.2, -0.15) is 0 Å². The van der Waals surface area contributed by atoms with Gasteiger partial charge in [0.15, 0.2) is 0 Å². The van der Waals surface area contributed by atoms with Gasteiger partial charge >= 0.3 is 13.8 Å². The number of phosphoric ester groups is 1. The summed E-state index contributed by atoms with van der Waals surface area (Å²) in [6.45, 7) is 5.04. The van der Waals surface area contributed by atoms with Crippen molar-refractivity contribution >= 4 is 13.8 Å². The van der Waals surface area contributed by atoms with Crippen LogP contribution in [0.5, 0.6) is 0 Å². The van der Waals surface area contributed by atoms with Crippen molar-refractivity contribution in [1.29, 1.82) is 0 Å². The number of rotatable bonds is 40. The molecule has 0 aromatic carbocycles. The number of allylic oxidation sites excluding steroid dienone is 9. The van der Waals surface area contributed by atoms with Gasteiger partial charge in [0.2, 0.25) is 0 Å². The lowest BCUT2D eigenvalue weighted by Crippen LogP contribution is -2.37. The quantitative estimate of drug-likeness (QED) is 0.0182. The summed E-state index contributed by atoms with van der Waals surface area (Å²) in [5.41, 5.74) is 0. The molecule has 0 heterocycles. The van der Waals surface area contributed by atoms with Crippen LogP contribution >= 0.6 is 7.82 Å². The third-order valence-electron chi connectivity index (χ3n) is 9.36. The van der Waals surface area contributed by atoms with E-state index in [1.165, 1.54) is 77.0 Å². The van der Waals surface area contributed by atoms with Crippen LogP contribution in [0.4, 0.5) is 0 Å². The van der Waals surface area contributed by atoms with Crippen LogP contribution in [0.1, 0.15) is 155 Å². The molecule has 3 N–H and O–H groups in total. The predicted octanol–water partition coefficient (Wildman–Crippen LogP) is 10.9. The summed E-state index contributed by atoms with van der Waals surface area (Å²) in [4.78, 5) is 22.8. The lowest BCUT2D eigenvalue weighted by atomic mass is 10.0. The van der Waals surface area contributed by atoms with E-state index >= 15 is 0 Å². The number of carbonyl (C=O) groups is 1. The molecule has 0 spiro atoms. The van der Waals surface area contributed by atoms with Gasteiger partial charge in [-0.15, -0.1) is 0 Å². The molecule has 4 atom stereocenters. The Bertz CT molecular complexity index is 1130. The molecule has 0 saturated carbocycles. The molecule has 10 nitrogen and oxygen atoms in total. The molecule has 0 aromatic rings. The number of quaternary nitrogens is 1. The van der Waals surface area contributed by atoms with Gasteiger partial charge in [0.25, 0.3) is 0 Å². The van der Waals surface area contributed by atoms with Crippen molar-refractivity contribution in [3.05, 3.63) is 60.8 Å². The molecule has 0 aliphatic carbocycles. The summed E-state index contributed by atoms with van der Waals surface area (Å²) >= 11 is 0. The van der Waals surface area contributed by atoms with E-state index in [1.54, 1.807) is 0 Å². The average molecular weight is 827 g/mol. The highest BCUT2D eigenvalue weighted by Crippen LogP contribution is 2.43. The van der Waals surface area contributed by atoms with Crippen molar-refractivity contribution in [3.63, 3.8) is 0 Å². The fourth-order valence-corrected chi connectivity index (χ4v) is 6.43. The maximum atomic E-state index is 12.7. The molecule has 0 rings (SSSR count). The van der Waals surface area contributed by atoms with Crippen molar-refractivity contribution in [1.82, 2.24) is 0 Å². The Kier molecular flexibility index (Phi) is 37.1. The Morgan fingerprint density at radius 2 is 1.09 bits per heavy atom. The number of nitrogens with zero attached hydrogens (tertiary/aromatic N) is 1. The van der Waals surface area contributed by atoms with Crippen molar-refractivity contribution in [2.24, 2.45) is 0 Å². The zero-order valence-corrected chi connectivity index (χ0v) is 37.7. The number of likely N-dealkylation sites (N-methyl/N-ethyl adjacent to an activating group) is 1. The van der Waals surface area contributed by atoms with Gasteiger partial charge in [0.05, 0.1) is 46.6 Å². The zero-order valence-electron chi connectivity index (χ0n) is 36.8. The predicted molar refractivity (Wildman–Crippen MR) is 236 cm³/mol. The number of ether oxygens (including phenoxy) is 2. The number of aliphatic hydroxyl groups excluding tert-OH is 2.